The maximum atomic E-state index is 12.7. The number of carbonyl (C=O) groups is 1. The van der Waals surface area contributed by atoms with Gasteiger partial charge >= 0.3 is 0 Å². The molecule has 0 unspecified atom stereocenters. The van der Waals surface area contributed by atoms with Crippen molar-refractivity contribution in [3.8, 4) is 11.5 Å². The van der Waals surface area contributed by atoms with Gasteiger partial charge in [0.2, 0.25) is 15.9 Å². The fourth-order valence-electron chi connectivity index (χ4n) is 3.82. The van der Waals surface area contributed by atoms with E-state index in [4.69, 9.17) is 9.47 Å². The third kappa shape index (κ3) is 5.91. The van der Waals surface area contributed by atoms with Crippen LogP contribution in [0.2, 0.25) is 0 Å². The number of hydrogen-bond donors (Lipinski definition) is 1. The Morgan fingerprint density at radius 1 is 1.23 bits per heavy atom. The number of nitrogens with one attached hydrogen (secondary N) is 1. The quantitative estimate of drug-likeness (QED) is 0.669. The molecule has 1 N–H and O–H groups in total. The topological polar surface area (TPSA) is 84.9 Å². The summed E-state index contributed by atoms with van der Waals surface area (Å²) in [5, 5.41) is 3.09. The fraction of sp³-hybridized carbons (Fsp3) is 0.435. The molecule has 1 aliphatic rings. The van der Waals surface area contributed by atoms with E-state index in [1.54, 1.807) is 31.4 Å². The molecule has 7 nitrogen and oxygen atoms in total. The minimum Gasteiger partial charge on any atom is -0.497 e. The molecular weight excluding hydrogens is 416 g/mol. The van der Waals surface area contributed by atoms with Crippen LogP contribution >= 0.6 is 0 Å². The van der Waals surface area contributed by atoms with Crippen LogP contribution in [0.1, 0.15) is 44.7 Å². The number of sulfonamides is 1. The Labute approximate surface area is 184 Å². The number of rotatable bonds is 8. The van der Waals surface area contributed by atoms with Gasteiger partial charge in [0.15, 0.2) is 0 Å². The molecule has 1 amide bonds. The van der Waals surface area contributed by atoms with Crippen molar-refractivity contribution in [3.05, 3.63) is 54.1 Å². The molecule has 2 aromatic rings. The number of hydrogen-bond acceptors (Lipinski definition) is 5. The molecule has 168 valence electrons. The maximum absolute atomic E-state index is 12.7. The molecule has 31 heavy (non-hydrogen) atoms. The van der Waals surface area contributed by atoms with Crippen molar-refractivity contribution in [2.75, 3.05) is 24.2 Å². The molecule has 0 spiro atoms. The van der Waals surface area contributed by atoms with E-state index in [2.05, 4.69) is 5.32 Å². The zero-order valence-electron chi connectivity index (χ0n) is 18.4. The van der Waals surface area contributed by atoms with Gasteiger partial charge in [-0.15, -0.1) is 0 Å². The molecule has 1 atom stereocenters. The van der Waals surface area contributed by atoms with Crippen molar-refractivity contribution in [3.63, 3.8) is 0 Å². The first-order valence-electron chi connectivity index (χ1n) is 10.3. The van der Waals surface area contributed by atoms with Crippen molar-refractivity contribution in [2.24, 2.45) is 0 Å². The lowest BCUT2D eigenvalue weighted by atomic mass is 9.89. The van der Waals surface area contributed by atoms with E-state index in [1.807, 2.05) is 38.1 Å². The molecule has 0 bridgehead atoms. The van der Waals surface area contributed by atoms with Crippen LogP contribution in [0, 0.1) is 0 Å². The van der Waals surface area contributed by atoms with E-state index >= 15 is 0 Å². The minimum atomic E-state index is -3.43. The highest BCUT2D eigenvalue weighted by Gasteiger charge is 2.34. The number of para-hydroxylation sites is 1. The van der Waals surface area contributed by atoms with Crippen molar-refractivity contribution in [1.82, 2.24) is 5.32 Å². The van der Waals surface area contributed by atoms with E-state index < -0.39 is 15.6 Å². The van der Waals surface area contributed by atoms with Crippen molar-refractivity contribution in [1.29, 1.82) is 0 Å². The number of carbonyl (C=O) groups excluding carboxylic acids is 1. The SMILES string of the molecule is COc1ccc2c(c1)OC(C)(C)C[C@@H]2NC(=O)CCCN(c1ccccc1)S(C)(=O)=O. The average Bonchev–Trinajstić information content (AvgIpc) is 2.69. The Morgan fingerprint density at radius 3 is 2.58 bits per heavy atom. The third-order valence-electron chi connectivity index (χ3n) is 5.22. The first-order chi connectivity index (χ1) is 14.6. The summed E-state index contributed by atoms with van der Waals surface area (Å²) < 4.78 is 37.1. The van der Waals surface area contributed by atoms with E-state index in [0.717, 1.165) is 5.56 Å². The van der Waals surface area contributed by atoms with Gasteiger partial charge in [-0.05, 0) is 44.5 Å². The summed E-state index contributed by atoms with van der Waals surface area (Å²) >= 11 is 0. The van der Waals surface area contributed by atoms with Crippen molar-refractivity contribution >= 4 is 21.6 Å². The number of fused-ring (bicyclic) bond motifs is 1. The predicted octanol–water partition coefficient (Wildman–Crippen LogP) is 3.66. The van der Waals surface area contributed by atoms with Crippen LogP contribution in [0.4, 0.5) is 5.69 Å². The Hall–Kier alpha value is -2.74. The maximum Gasteiger partial charge on any atom is 0.232 e. The number of ether oxygens (including phenoxy) is 2. The number of benzene rings is 2. The molecule has 3 rings (SSSR count). The largest absolute Gasteiger partial charge is 0.497 e. The smallest absolute Gasteiger partial charge is 0.232 e. The first kappa shape index (κ1) is 22.9. The highest BCUT2D eigenvalue weighted by molar-refractivity contribution is 7.92. The molecule has 0 aliphatic carbocycles. The Balaban J connectivity index is 1.64. The van der Waals surface area contributed by atoms with E-state index in [9.17, 15) is 13.2 Å². The van der Waals surface area contributed by atoms with Crippen LogP contribution in [0.25, 0.3) is 0 Å². The van der Waals surface area contributed by atoms with Gasteiger partial charge in [0.1, 0.15) is 17.1 Å². The highest BCUT2D eigenvalue weighted by Crippen LogP contribution is 2.41. The summed E-state index contributed by atoms with van der Waals surface area (Å²) in [5.41, 5.74) is 1.08. The van der Waals surface area contributed by atoms with Crippen molar-refractivity contribution in [2.45, 2.75) is 44.8 Å². The summed E-state index contributed by atoms with van der Waals surface area (Å²) in [4.78, 5) is 12.7. The second-order valence-electron chi connectivity index (χ2n) is 8.36. The van der Waals surface area contributed by atoms with Gasteiger partial charge in [0.25, 0.3) is 0 Å². The number of methoxy groups -OCH3 is 1. The van der Waals surface area contributed by atoms with Gasteiger partial charge in [0.05, 0.1) is 25.1 Å². The summed E-state index contributed by atoms with van der Waals surface area (Å²) in [5.74, 6) is 1.28. The second kappa shape index (κ2) is 9.18. The predicted molar refractivity (Wildman–Crippen MR) is 121 cm³/mol. The van der Waals surface area contributed by atoms with E-state index in [-0.39, 0.29) is 24.9 Å². The molecule has 0 saturated carbocycles. The van der Waals surface area contributed by atoms with Gasteiger partial charge in [-0.1, -0.05) is 18.2 Å². The monoisotopic (exact) mass is 446 g/mol. The number of anilines is 1. The van der Waals surface area contributed by atoms with Crippen LogP contribution < -0.4 is 19.1 Å². The molecule has 0 saturated heterocycles. The standard InChI is InChI=1S/C23H30N2O5S/c1-23(2)16-20(19-13-12-18(29-3)15-21(19)30-23)24-22(26)11-8-14-25(31(4,27)28)17-9-6-5-7-10-17/h5-7,9-10,12-13,15,20H,8,11,14,16H2,1-4H3,(H,24,26)/t20-/m0/s1. The van der Waals surface area contributed by atoms with Gasteiger partial charge in [-0.2, -0.15) is 0 Å². The van der Waals surface area contributed by atoms with Crippen LogP contribution in [-0.2, 0) is 14.8 Å². The van der Waals surface area contributed by atoms with Crippen molar-refractivity contribution < 1.29 is 22.7 Å². The summed E-state index contributed by atoms with van der Waals surface area (Å²) in [6.07, 6.45) is 2.45. The summed E-state index contributed by atoms with van der Waals surface area (Å²) in [7, 11) is -1.83. The molecule has 0 aromatic heterocycles. The lowest BCUT2D eigenvalue weighted by Gasteiger charge is -2.38. The molecule has 0 fully saturated rings. The number of amides is 1. The van der Waals surface area contributed by atoms with Crippen LogP contribution in [-0.4, -0.2) is 39.8 Å². The van der Waals surface area contributed by atoms with Crippen LogP contribution in [0.3, 0.4) is 0 Å². The Morgan fingerprint density at radius 2 is 1.94 bits per heavy atom. The third-order valence-corrected chi connectivity index (χ3v) is 6.42. The van der Waals surface area contributed by atoms with Gasteiger partial charge in [-0.25, -0.2) is 8.42 Å². The zero-order chi connectivity index (χ0) is 22.6. The molecule has 1 aliphatic heterocycles. The van der Waals surface area contributed by atoms with Gasteiger partial charge in [-0.3, -0.25) is 9.10 Å². The van der Waals surface area contributed by atoms with Gasteiger partial charge in [0, 0.05) is 31.0 Å². The van der Waals surface area contributed by atoms with E-state index in [0.29, 0.717) is 30.0 Å². The Kier molecular flexibility index (Phi) is 6.79. The molecule has 0 radical (unpaired) electrons. The summed E-state index contributed by atoms with van der Waals surface area (Å²) in [6, 6.07) is 14.3. The summed E-state index contributed by atoms with van der Waals surface area (Å²) in [6.45, 7) is 4.21. The molecule has 8 heteroatoms. The molecule has 2 aromatic carbocycles. The lowest BCUT2D eigenvalue weighted by Crippen LogP contribution is -2.41. The lowest BCUT2D eigenvalue weighted by molar-refractivity contribution is -0.122. The van der Waals surface area contributed by atoms with Crippen LogP contribution in [0.5, 0.6) is 11.5 Å². The van der Waals surface area contributed by atoms with E-state index in [1.165, 1.54) is 10.6 Å². The Bertz CT molecular complexity index is 1020. The average molecular weight is 447 g/mol. The molecule has 1 heterocycles. The zero-order valence-corrected chi connectivity index (χ0v) is 19.2. The highest BCUT2D eigenvalue weighted by atomic mass is 32.2. The normalized spacial score (nSPS) is 17.2. The van der Waals surface area contributed by atoms with Gasteiger partial charge < -0.3 is 14.8 Å². The minimum absolute atomic E-state index is 0.119. The first-order valence-corrected chi connectivity index (χ1v) is 12.1. The number of nitrogens with zero attached hydrogens (tertiary/aromatic N) is 1. The second-order valence-corrected chi connectivity index (χ2v) is 10.3. The molecular formula is C23H30N2O5S. The fourth-order valence-corrected chi connectivity index (χ4v) is 4.78. The van der Waals surface area contributed by atoms with Crippen LogP contribution in [0.15, 0.2) is 48.5 Å².